The van der Waals surface area contributed by atoms with Gasteiger partial charge in [-0.3, -0.25) is 14.4 Å². The summed E-state index contributed by atoms with van der Waals surface area (Å²) in [7, 11) is -3.73. The van der Waals surface area contributed by atoms with Gasteiger partial charge >= 0.3 is 0 Å². The van der Waals surface area contributed by atoms with Crippen molar-refractivity contribution in [1.82, 2.24) is 10.2 Å². The average molecular weight is 449 g/mol. The average Bonchev–Trinajstić information content (AvgIpc) is 3.16. The lowest BCUT2D eigenvalue weighted by Gasteiger charge is -2.22. The van der Waals surface area contributed by atoms with Crippen LogP contribution in [-0.2, 0) is 10.0 Å². The zero-order valence-corrected chi connectivity index (χ0v) is 18.4. The van der Waals surface area contributed by atoms with Gasteiger partial charge in [-0.15, -0.1) is 10.2 Å². The fourth-order valence-electron chi connectivity index (χ4n) is 2.60. The van der Waals surface area contributed by atoms with Crippen LogP contribution in [0.3, 0.4) is 0 Å². The first-order valence-corrected chi connectivity index (χ1v) is 12.2. The van der Waals surface area contributed by atoms with E-state index in [2.05, 4.69) is 15.5 Å². The van der Waals surface area contributed by atoms with Crippen molar-refractivity contribution in [3.63, 3.8) is 0 Å². The molecule has 3 rings (SSSR count). The summed E-state index contributed by atoms with van der Waals surface area (Å²) < 4.78 is 28.1. The molecule has 0 fully saturated rings. The van der Waals surface area contributed by atoms with E-state index < -0.39 is 10.0 Å². The summed E-state index contributed by atoms with van der Waals surface area (Å²) in [5, 5.41) is 11.0. The zero-order valence-electron chi connectivity index (χ0n) is 15.9. The van der Waals surface area contributed by atoms with Crippen LogP contribution >= 0.6 is 23.1 Å². The topological polar surface area (TPSA) is 92.3 Å². The molecule has 152 valence electrons. The molecule has 2 aromatic carbocycles. The zero-order chi connectivity index (χ0) is 20.9. The molecule has 1 aromatic heterocycles. The number of carbonyl (C=O) groups excluding carboxylic acids is 1. The largest absolute Gasteiger partial charge is 0.296 e. The summed E-state index contributed by atoms with van der Waals surface area (Å²) in [6.07, 6.45) is 0. The summed E-state index contributed by atoms with van der Waals surface area (Å²) in [6, 6.07) is 14.8. The number of aromatic nitrogens is 2. The Morgan fingerprint density at radius 2 is 1.76 bits per heavy atom. The Morgan fingerprint density at radius 3 is 2.38 bits per heavy atom. The van der Waals surface area contributed by atoms with Crippen molar-refractivity contribution >= 4 is 49.8 Å². The van der Waals surface area contributed by atoms with Crippen LogP contribution < -0.4 is 9.62 Å². The van der Waals surface area contributed by atoms with E-state index in [0.717, 1.165) is 10.1 Å². The number of carbonyl (C=O) groups is 1. The third kappa shape index (κ3) is 4.95. The molecule has 3 aromatic rings. The van der Waals surface area contributed by atoms with Gasteiger partial charge in [0.2, 0.25) is 5.13 Å². The highest BCUT2D eigenvalue weighted by Crippen LogP contribution is 2.26. The number of rotatable bonds is 8. The number of hydrogen-bond acceptors (Lipinski definition) is 7. The lowest BCUT2D eigenvalue weighted by Crippen LogP contribution is -2.30. The highest BCUT2D eigenvalue weighted by atomic mass is 32.2. The van der Waals surface area contributed by atoms with Crippen molar-refractivity contribution < 1.29 is 13.2 Å². The standard InChI is InChI=1S/C19H20N4O3S3/c1-3-23(15-8-6-5-7-9-15)29(25,26)16-12-10-14(11-13-16)17(24)20-18-21-22-19(28-18)27-4-2/h5-13H,3-4H2,1-2H3,(H,20,21,24). The van der Waals surface area contributed by atoms with E-state index in [1.54, 1.807) is 43.0 Å². The first-order valence-electron chi connectivity index (χ1n) is 8.91. The summed E-state index contributed by atoms with van der Waals surface area (Å²) in [6.45, 7) is 4.08. The van der Waals surface area contributed by atoms with Crippen LogP contribution in [-0.4, -0.2) is 36.8 Å². The number of anilines is 2. The molecule has 0 bridgehead atoms. The van der Waals surface area contributed by atoms with Gasteiger partial charge in [0.1, 0.15) is 0 Å². The highest BCUT2D eigenvalue weighted by molar-refractivity contribution is 8.01. The van der Waals surface area contributed by atoms with Gasteiger partial charge in [-0.1, -0.05) is 48.2 Å². The van der Waals surface area contributed by atoms with E-state index in [1.807, 2.05) is 13.0 Å². The van der Waals surface area contributed by atoms with Gasteiger partial charge in [-0.05, 0) is 49.1 Å². The maximum atomic E-state index is 13.0. The number of nitrogens with one attached hydrogen (secondary N) is 1. The maximum absolute atomic E-state index is 13.0. The minimum absolute atomic E-state index is 0.123. The number of para-hydroxylation sites is 1. The van der Waals surface area contributed by atoms with E-state index in [-0.39, 0.29) is 10.8 Å². The van der Waals surface area contributed by atoms with Gasteiger partial charge in [0.25, 0.3) is 15.9 Å². The smallest absolute Gasteiger partial charge is 0.264 e. The molecule has 10 heteroatoms. The van der Waals surface area contributed by atoms with Crippen molar-refractivity contribution in [2.24, 2.45) is 0 Å². The third-order valence-corrected chi connectivity index (χ3v) is 7.70. The van der Waals surface area contributed by atoms with Crippen LogP contribution in [0.2, 0.25) is 0 Å². The van der Waals surface area contributed by atoms with Crippen molar-refractivity contribution in [3.05, 3.63) is 60.2 Å². The fraction of sp³-hybridized carbons (Fsp3) is 0.211. The second-order valence-electron chi connectivity index (χ2n) is 5.79. The Kier molecular flexibility index (Phi) is 6.88. The third-order valence-electron chi connectivity index (χ3n) is 3.93. The van der Waals surface area contributed by atoms with Gasteiger partial charge in [0.15, 0.2) is 4.34 Å². The van der Waals surface area contributed by atoms with Gasteiger partial charge in [-0.25, -0.2) is 8.42 Å². The van der Waals surface area contributed by atoms with Gasteiger partial charge in [-0.2, -0.15) is 0 Å². The summed E-state index contributed by atoms with van der Waals surface area (Å²) in [5.74, 6) is 0.504. The molecular formula is C19H20N4O3S3. The predicted molar refractivity (Wildman–Crippen MR) is 117 cm³/mol. The molecule has 0 saturated carbocycles. The molecule has 0 unspecified atom stereocenters. The van der Waals surface area contributed by atoms with E-state index in [1.165, 1.54) is 39.9 Å². The lowest BCUT2D eigenvalue weighted by atomic mass is 10.2. The quantitative estimate of drug-likeness (QED) is 0.412. The van der Waals surface area contributed by atoms with E-state index in [9.17, 15) is 13.2 Å². The normalized spacial score (nSPS) is 11.2. The predicted octanol–water partition coefficient (Wildman–Crippen LogP) is 4.12. The summed E-state index contributed by atoms with van der Waals surface area (Å²) >= 11 is 2.85. The number of hydrogen-bond donors (Lipinski definition) is 1. The molecule has 1 N–H and O–H groups in total. The van der Waals surface area contributed by atoms with E-state index in [4.69, 9.17) is 0 Å². The highest BCUT2D eigenvalue weighted by Gasteiger charge is 2.23. The second kappa shape index (κ2) is 9.38. The Balaban J connectivity index is 1.77. The number of thioether (sulfide) groups is 1. The van der Waals surface area contributed by atoms with Crippen molar-refractivity contribution in [1.29, 1.82) is 0 Å². The monoisotopic (exact) mass is 448 g/mol. The molecule has 1 heterocycles. The molecule has 0 spiro atoms. The molecule has 7 nitrogen and oxygen atoms in total. The number of sulfonamides is 1. The van der Waals surface area contributed by atoms with Gasteiger partial charge in [0.05, 0.1) is 10.6 Å². The maximum Gasteiger partial charge on any atom is 0.264 e. The number of amides is 1. The summed E-state index contributed by atoms with van der Waals surface area (Å²) in [4.78, 5) is 12.5. The molecule has 1 amide bonds. The Morgan fingerprint density at radius 1 is 1.07 bits per heavy atom. The van der Waals surface area contributed by atoms with Crippen LogP contribution in [0.25, 0.3) is 0 Å². The minimum Gasteiger partial charge on any atom is -0.296 e. The van der Waals surface area contributed by atoms with Crippen molar-refractivity contribution in [2.45, 2.75) is 23.1 Å². The first-order chi connectivity index (χ1) is 14.0. The first kappa shape index (κ1) is 21.3. The Labute approximate surface area is 178 Å². The number of benzene rings is 2. The molecule has 29 heavy (non-hydrogen) atoms. The fourth-order valence-corrected chi connectivity index (χ4v) is 5.72. The van der Waals surface area contributed by atoms with Crippen LogP contribution in [0.4, 0.5) is 10.8 Å². The summed E-state index contributed by atoms with van der Waals surface area (Å²) in [5.41, 5.74) is 0.931. The Bertz CT molecular complexity index is 1070. The molecule has 0 atom stereocenters. The SMILES string of the molecule is CCSc1nnc(NC(=O)c2ccc(S(=O)(=O)N(CC)c3ccccc3)cc2)s1. The van der Waals surface area contributed by atoms with Crippen molar-refractivity contribution in [2.75, 3.05) is 21.9 Å². The lowest BCUT2D eigenvalue weighted by molar-refractivity contribution is 0.102. The molecule has 0 aliphatic heterocycles. The molecular weight excluding hydrogens is 428 g/mol. The van der Waals surface area contributed by atoms with Gasteiger partial charge in [0, 0.05) is 12.1 Å². The van der Waals surface area contributed by atoms with E-state index in [0.29, 0.717) is 22.9 Å². The van der Waals surface area contributed by atoms with Gasteiger partial charge < -0.3 is 0 Å². The van der Waals surface area contributed by atoms with Crippen LogP contribution in [0.15, 0.2) is 63.8 Å². The minimum atomic E-state index is -3.73. The number of nitrogens with zero attached hydrogens (tertiary/aromatic N) is 3. The van der Waals surface area contributed by atoms with Crippen LogP contribution in [0.5, 0.6) is 0 Å². The van der Waals surface area contributed by atoms with Crippen LogP contribution in [0.1, 0.15) is 24.2 Å². The molecule has 0 radical (unpaired) electrons. The molecule has 0 saturated heterocycles. The van der Waals surface area contributed by atoms with Crippen molar-refractivity contribution in [3.8, 4) is 0 Å². The Hall–Kier alpha value is -2.43. The van der Waals surface area contributed by atoms with Crippen LogP contribution in [0, 0.1) is 0 Å². The van der Waals surface area contributed by atoms with E-state index >= 15 is 0 Å². The molecule has 0 aliphatic rings. The second-order valence-corrected chi connectivity index (χ2v) is 10.1. The molecule has 0 aliphatic carbocycles.